The number of amides is 2. The predicted octanol–water partition coefficient (Wildman–Crippen LogP) is 2.83. The van der Waals surface area contributed by atoms with Crippen molar-refractivity contribution in [1.29, 1.82) is 0 Å². The molecule has 1 atom stereocenters. The molecule has 2 rings (SSSR count). The summed E-state index contributed by atoms with van der Waals surface area (Å²) in [5.74, 6) is -0.959. The Balaban J connectivity index is 2.13. The van der Waals surface area contributed by atoms with Crippen LogP contribution in [0.3, 0.4) is 0 Å². The molecule has 6 heteroatoms. The number of likely N-dealkylation sites (tertiary alicyclic amines) is 1. The second-order valence-electron chi connectivity index (χ2n) is 5.56. The number of hydrogen-bond acceptors (Lipinski definition) is 2. The number of urea groups is 1. The van der Waals surface area contributed by atoms with Gasteiger partial charge in [-0.3, -0.25) is 0 Å². The van der Waals surface area contributed by atoms with Crippen molar-refractivity contribution >= 4 is 23.6 Å². The number of benzene rings is 1. The molecule has 5 nitrogen and oxygen atoms in total. The molecule has 114 valence electrons. The maximum absolute atomic E-state index is 12.5. The van der Waals surface area contributed by atoms with Crippen LogP contribution in [0.15, 0.2) is 24.3 Å². The fourth-order valence-electron chi connectivity index (χ4n) is 2.65. The van der Waals surface area contributed by atoms with E-state index in [1.54, 1.807) is 20.0 Å². The van der Waals surface area contributed by atoms with Gasteiger partial charge in [-0.15, -0.1) is 0 Å². The summed E-state index contributed by atoms with van der Waals surface area (Å²) in [6.07, 6.45) is 1.18. The molecule has 1 unspecified atom stereocenters. The maximum atomic E-state index is 12.5. The van der Waals surface area contributed by atoms with Crippen LogP contribution in [0, 0.1) is 0 Å². The molecule has 0 aliphatic carbocycles. The number of carbonyl (C=O) groups excluding carboxylic acids is 1. The lowest BCUT2D eigenvalue weighted by Crippen LogP contribution is -2.54. The summed E-state index contributed by atoms with van der Waals surface area (Å²) in [6, 6.07) is 7.03. The molecule has 1 heterocycles. The molecule has 1 aliphatic heterocycles. The number of nitrogens with zero attached hydrogens (tertiary/aromatic N) is 2. The van der Waals surface area contributed by atoms with Crippen LogP contribution in [0.4, 0.5) is 4.79 Å². The molecule has 2 amide bonds. The van der Waals surface area contributed by atoms with E-state index in [0.717, 1.165) is 5.56 Å². The first-order chi connectivity index (χ1) is 9.86. The second kappa shape index (κ2) is 5.93. The van der Waals surface area contributed by atoms with Crippen LogP contribution in [-0.2, 0) is 11.3 Å². The summed E-state index contributed by atoms with van der Waals surface area (Å²) in [5, 5.41) is 9.97. The molecule has 0 aromatic heterocycles. The standard InChI is InChI=1S/C15H19ClN2O3/c1-15(13(19)20)8-5-9-18(15)14(21)17(2)10-11-6-3-4-7-12(11)16/h3-4,6-7H,5,8-10H2,1-2H3,(H,19,20). The highest BCUT2D eigenvalue weighted by molar-refractivity contribution is 6.31. The van der Waals surface area contributed by atoms with Gasteiger partial charge in [-0.2, -0.15) is 0 Å². The van der Waals surface area contributed by atoms with Crippen molar-refractivity contribution in [2.45, 2.75) is 31.8 Å². The van der Waals surface area contributed by atoms with E-state index in [4.69, 9.17) is 11.6 Å². The van der Waals surface area contributed by atoms with Crippen LogP contribution < -0.4 is 0 Å². The average Bonchev–Trinajstić information content (AvgIpc) is 2.84. The summed E-state index contributed by atoms with van der Waals surface area (Å²) in [7, 11) is 1.66. The molecular weight excluding hydrogens is 292 g/mol. The van der Waals surface area contributed by atoms with Crippen LogP contribution in [0.2, 0.25) is 5.02 Å². The van der Waals surface area contributed by atoms with Gasteiger partial charge in [0.2, 0.25) is 0 Å². The van der Waals surface area contributed by atoms with Gasteiger partial charge in [0.1, 0.15) is 5.54 Å². The first kappa shape index (κ1) is 15.6. The second-order valence-corrected chi connectivity index (χ2v) is 5.97. The molecule has 0 spiro atoms. The van der Waals surface area contributed by atoms with Gasteiger partial charge in [-0.25, -0.2) is 9.59 Å². The SMILES string of the molecule is CN(Cc1ccccc1Cl)C(=O)N1CCCC1(C)C(=O)O. The molecule has 0 bridgehead atoms. The van der Waals surface area contributed by atoms with Crippen molar-refractivity contribution in [2.75, 3.05) is 13.6 Å². The number of hydrogen-bond donors (Lipinski definition) is 1. The van der Waals surface area contributed by atoms with Gasteiger partial charge in [0.05, 0.1) is 0 Å². The van der Waals surface area contributed by atoms with Crippen LogP contribution >= 0.6 is 11.6 Å². The Morgan fingerprint density at radius 2 is 2.10 bits per heavy atom. The highest BCUT2D eigenvalue weighted by Gasteiger charge is 2.46. The molecule has 1 aromatic carbocycles. The van der Waals surface area contributed by atoms with Crippen LogP contribution in [-0.4, -0.2) is 46.0 Å². The fourth-order valence-corrected chi connectivity index (χ4v) is 2.84. The van der Waals surface area contributed by atoms with E-state index in [0.29, 0.717) is 31.0 Å². The highest BCUT2D eigenvalue weighted by atomic mass is 35.5. The van der Waals surface area contributed by atoms with E-state index in [-0.39, 0.29) is 6.03 Å². The Labute approximate surface area is 129 Å². The predicted molar refractivity (Wildman–Crippen MR) is 80.3 cm³/mol. The lowest BCUT2D eigenvalue weighted by molar-refractivity contribution is -0.147. The summed E-state index contributed by atoms with van der Waals surface area (Å²) in [6.45, 7) is 2.42. The van der Waals surface area contributed by atoms with Gasteiger partial charge in [-0.1, -0.05) is 29.8 Å². The Bertz CT molecular complexity index is 564. The summed E-state index contributed by atoms with van der Waals surface area (Å²) in [4.78, 5) is 26.9. The van der Waals surface area contributed by atoms with Crippen molar-refractivity contribution in [3.8, 4) is 0 Å². The molecule has 1 N–H and O–H groups in total. The van der Waals surface area contributed by atoms with Gasteiger partial charge >= 0.3 is 12.0 Å². The van der Waals surface area contributed by atoms with Gasteiger partial charge in [0, 0.05) is 25.2 Å². The smallest absolute Gasteiger partial charge is 0.329 e. The molecule has 21 heavy (non-hydrogen) atoms. The average molecular weight is 311 g/mol. The first-order valence-electron chi connectivity index (χ1n) is 6.86. The lowest BCUT2D eigenvalue weighted by atomic mass is 10.00. The van der Waals surface area contributed by atoms with Crippen molar-refractivity contribution in [3.63, 3.8) is 0 Å². The molecule has 0 saturated carbocycles. The minimum Gasteiger partial charge on any atom is -0.480 e. The normalized spacial score (nSPS) is 21.4. The maximum Gasteiger partial charge on any atom is 0.329 e. The molecule has 1 fully saturated rings. The van der Waals surface area contributed by atoms with E-state index in [1.807, 2.05) is 18.2 Å². The largest absolute Gasteiger partial charge is 0.480 e. The number of carboxylic acids is 1. The van der Waals surface area contributed by atoms with Gasteiger partial charge < -0.3 is 14.9 Å². The third-order valence-corrected chi connectivity index (χ3v) is 4.39. The first-order valence-corrected chi connectivity index (χ1v) is 7.23. The summed E-state index contributed by atoms with van der Waals surface area (Å²) < 4.78 is 0. The number of carbonyl (C=O) groups is 2. The number of aliphatic carboxylic acids is 1. The van der Waals surface area contributed by atoms with Crippen LogP contribution in [0.1, 0.15) is 25.3 Å². The Kier molecular flexibility index (Phi) is 4.42. The minimum absolute atomic E-state index is 0.280. The number of carboxylic acid groups (broad SMARTS) is 1. The Hall–Kier alpha value is -1.75. The molecule has 1 aromatic rings. The zero-order valence-electron chi connectivity index (χ0n) is 12.2. The minimum atomic E-state index is -1.12. The molecule has 0 radical (unpaired) electrons. The number of rotatable bonds is 3. The van der Waals surface area contributed by atoms with Crippen molar-refractivity contribution in [2.24, 2.45) is 0 Å². The Morgan fingerprint density at radius 3 is 2.71 bits per heavy atom. The van der Waals surface area contributed by atoms with E-state index >= 15 is 0 Å². The Morgan fingerprint density at radius 1 is 1.43 bits per heavy atom. The van der Waals surface area contributed by atoms with Gasteiger partial charge in [0.25, 0.3) is 0 Å². The third-order valence-electron chi connectivity index (χ3n) is 4.02. The fraction of sp³-hybridized carbons (Fsp3) is 0.467. The van der Waals surface area contributed by atoms with Crippen molar-refractivity contribution < 1.29 is 14.7 Å². The lowest BCUT2D eigenvalue weighted by Gasteiger charge is -2.34. The van der Waals surface area contributed by atoms with Gasteiger partial charge in [-0.05, 0) is 31.4 Å². The molecule has 1 aliphatic rings. The van der Waals surface area contributed by atoms with E-state index < -0.39 is 11.5 Å². The third kappa shape index (κ3) is 2.97. The van der Waals surface area contributed by atoms with Crippen molar-refractivity contribution in [1.82, 2.24) is 9.80 Å². The molecule has 1 saturated heterocycles. The topological polar surface area (TPSA) is 60.9 Å². The van der Waals surface area contributed by atoms with Crippen LogP contribution in [0.5, 0.6) is 0 Å². The monoisotopic (exact) mass is 310 g/mol. The van der Waals surface area contributed by atoms with E-state index in [2.05, 4.69) is 0 Å². The zero-order chi connectivity index (χ0) is 15.6. The summed E-state index contributed by atoms with van der Waals surface area (Å²) in [5.41, 5.74) is -0.280. The summed E-state index contributed by atoms with van der Waals surface area (Å²) >= 11 is 6.09. The van der Waals surface area contributed by atoms with Gasteiger partial charge in [0.15, 0.2) is 0 Å². The van der Waals surface area contributed by atoms with Crippen LogP contribution in [0.25, 0.3) is 0 Å². The zero-order valence-corrected chi connectivity index (χ0v) is 12.9. The highest BCUT2D eigenvalue weighted by Crippen LogP contribution is 2.30. The molecular formula is C15H19ClN2O3. The van der Waals surface area contributed by atoms with Crippen molar-refractivity contribution in [3.05, 3.63) is 34.9 Å². The quantitative estimate of drug-likeness (QED) is 0.934. The number of halogens is 1. The van der Waals surface area contributed by atoms with E-state index in [1.165, 1.54) is 9.80 Å². The van der Waals surface area contributed by atoms with E-state index in [9.17, 15) is 14.7 Å².